The number of aromatic nitrogens is 4. The highest BCUT2D eigenvalue weighted by atomic mass is 15.2. The van der Waals surface area contributed by atoms with Crippen molar-refractivity contribution in [1.29, 1.82) is 0 Å². The predicted molar refractivity (Wildman–Crippen MR) is 57.6 cm³/mol. The monoisotopic (exact) mass is 205 g/mol. The molecule has 1 atom stereocenters. The SMILES string of the molecule is CCNC(C)Cc1nccn2cnnc12. The highest BCUT2D eigenvalue weighted by Gasteiger charge is 2.08. The number of likely N-dealkylation sites (N-methyl/N-ethyl adjacent to an activating group) is 1. The van der Waals surface area contributed by atoms with Crippen LogP contribution in [0.2, 0.25) is 0 Å². The molecule has 15 heavy (non-hydrogen) atoms. The van der Waals surface area contributed by atoms with Crippen molar-refractivity contribution in [3.05, 3.63) is 24.4 Å². The van der Waals surface area contributed by atoms with Crippen LogP contribution in [0, 0.1) is 0 Å². The number of fused-ring (bicyclic) bond motifs is 1. The van der Waals surface area contributed by atoms with Gasteiger partial charge >= 0.3 is 0 Å². The van der Waals surface area contributed by atoms with Gasteiger partial charge in [-0.2, -0.15) is 0 Å². The summed E-state index contributed by atoms with van der Waals surface area (Å²) in [4.78, 5) is 4.34. The molecule has 0 radical (unpaired) electrons. The Morgan fingerprint density at radius 3 is 3.20 bits per heavy atom. The molecular formula is C10H15N5. The van der Waals surface area contributed by atoms with Crippen LogP contribution in [0.1, 0.15) is 19.5 Å². The molecule has 2 aromatic heterocycles. The Balaban J connectivity index is 2.23. The summed E-state index contributed by atoms with van der Waals surface area (Å²) in [7, 11) is 0. The molecule has 0 fully saturated rings. The standard InChI is InChI=1S/C10H15N5/c1-3-11-8(2)6-9-10-14-13-7-15(10)5-4-12-9/h4-5,7-8,11H,3,6H2,1-2H3. The van der Waals surface area contributed by atoms with Gasteiger partial charge in [0.1, 0.15) is 6.33 Å². The zero-order chi connectivity index (χ0) is 10.7. The van der Waals surface area contributed by atoms with Crippen LogP contribution in [0.4, 0.5) is 0 Å². The lowest BCUT2D eigenvalue weighted by Crippen LogP contribution is -2.28. The maximum absolute atomic E-state index is 4.34. The Morgan fingerprint density at radius 1 is 1.53 bits per heavy atom. The molecule has 5 nitrogen and oxygen atoms in total. The van der Waals surface area contributed by atoms with E-state index < -0.39 is 0 Å². The van der Waals surface area contributed by atoms with E-state index in [9.17, 15) is 0 Å². The van der Waals surface area contributed by atoms with Crippen molar-refractivity contribution in [3.8, 4) is 0 Å². The third-order valence-corrected chi connectivity index (χ3v) is 2.34. The van der Waals surface area contributed by atoms with Crippen molar-refractivity contribution in [2.45, 2.75) is 26.3 Å². The highest BCUT2D eigenvalue weighted by molar-refractivity contribution is 5.42. The van der Waals surface area contributed by atoms with Crippen LogP contribution in [0.25, 0.3) is 5.65 Å². The fraction of sp³-hybridized carbons (Fsp3) is 0.500. The van der Waals surface area contributed by atoms with Gasteiger partial charge in [0.2, 0.25) is 0 Å². The average Bonchev–Trinajstić information content (AvgIpc) is 2.67. The molecule has 0 amide bonds. The molecule has 0 spiro atoms. The number of rotatable bonds is 4. The Hall–Kier alpha value is -1.49. The summed E-state index contributed by atoms with van der Waals surface area (Å²) in [6.45, 7) is 5.21. The van der Waals surface area contributed by atoms with Crippen LogP contribution >= 0.6 is 0 Å². The largest absolute Gasteiger partial charge is 0.314 e. The second kappa shape index (κ2) is 4.35. The number of hydrogen-bond donors (Lipinski definition) is 1. The molecule has 2 aromatic rings. The molecule has 0 saturated heterocycles. The van der Waals surface area contributed by atoms with E-state index in [0.29, 0.717) is 6.04 Å². The lowest BCUT2D eigenvalue weighted by atomic mass is 10.2. The maximum Gasteiger partial charge on any atom is 0.182 e. The predicted octanol–water partition coefficient (Wildman–Crippen LogP) is 0.665. The van der Waals surface area contributed by atoms with Crippen molar-refractivity contribution in [1.82, 2.24) is 24.9 Å². The average molecular weight is 205 g/mol. The van der Waals surface area contributed by atoms with Crippen LogP contribution in [-0.2, 0) is 6.42 Å². The first-order valence-electron chi connectivity index (χ1n) is 5.18. The topological polar surface area (TPSA) is 55.1 Å². The van der Waals surface area contributed by atoms with Crippen LogP contribution in [0.15, 0.2) is 18.7 Å². The highest BCUT2D eigenvalue weighted by Crippen LogP contribution is 2.06. The van der Waals surface area contributed by atoms with Crippen LogP contribution < -0.4 is 5.32 Å². The zero-order valence-corrected chi connectivity index (χ0v) is 9.01. The molecule has 1 N–H and O–H groups in total. The Labute approximate surface area is 88.6 Å². The summed E-state index contributed by atoms with van der Waals surface area (Å²) in [5, 5.41) is 11.3. The molecule has 0 saturated carbocycles. The molecule has 5 heteroatoms. The lowest BCUT2D eigenvalue weighted by molar-refractivity contribution is 0.560. The maximum atomic E-state index is 4.34. The van der Waals surface area contributed by atoms with Gasteiger partial charge in [-0.25, -0.2) is 0 Å². The van der Waals surface area contributed by atoms with Gasteiger partial charge in [0.25, 0.3) is 0 Å². The van der Waals surface area contributed by atoms with Gasteiger partial charge in [-0.1, -0.05) is 6.92 Å². The van der Waals surface area contributed by atoms with E-state index in [1.165, 1.54) is 0 Å². The van der Waals surface area contributed by atoms with Crippen molar-refractivity contribution < 1.29 is 0 Å². The van der Waals surface area contributed by atoms with Gasteiger partial charge in [0, 0.05) is 24.9 Å². The minimum Gasteiger partial charge on any atom is -0.314 e. The molecule has 0 aliphatic carbocycles. The zero-order valence-electron chi connectivity index (χ0n) is 9.01. The van der Waals surface area contributed by atoms with Crippen LogP contribution in [-0.4, -0.2) is 32.2 Å². The van der Waals surface area contributed by atoms with Gasteiger partial charge in [0.05, 0.1) is 5.69 Å². The third kappa shape index (κ3) is 2.12. The van der Waals surface area contributed by atoms with E-state index in [1.807, 2.05) is 10.6 Å². The Morgan fingerprint density at radius 2 is 2.40 bits per heavy atom. The molecule has 80 valence electrons. The summed E-state index contributed by atoms with van der Waals surface area (Å²) in [5.41, 5.74) is 1.84. The molecule has 0 aromatic carbocycles. The second-order valence-electron chi connectivity index (χ2n) is 3.60. The molecular weight excluding hydrogens is 190 g/mol. The smallest absolute Gasteiger partial charge is 0.182 e. The van der Waals surface area contributed by atoms with Crippen LogP contribution in [0.3, 0.4) is 0 Å². The molecule has 2 rings (SSSR count). The van der Waals surface area contributed by atoms with E-state index >= 15 is 0 Å². The first kappa shape index (κ1) is 10.0. The first-order chi connectivity index (χ1) is 7.31. The number of nitrogens with one attached hydrogen (secondary N) is 1. The minimum absolute atomic E-state index is 0.408. The fourth-order valence-corrected chi connectivity index (χ4v) is 1.67. The van der Waals surface area contributed by atoms with E-state index in [1.54, 1.807) is 12.5 Å². The van der Waals surface area contributed by atoms with Gasteiger partial charge in [-0.05, 0) is 13.5 Å². The van der Waals surface area contributed by atoms with Crippen molar-refractivity contribution >= 4 is 5.65 Å². The van der Waals surface area contributed by atoms with Gasteiger partial charge in [0.15, 0.2) is 5.65 Å². The summed E-state index contributed by atoms with van der Waals surface area (Å²) < 4.78 is 1.89. The van der Waals surface area contributed by atoms with Crippen LogP contribution in [0.5, 0.6) is 0 Å². The van der Waals surface area contributed by atoms with E-state index in [4.69, 9.17) is 0 Å². The molecule has 1 unspecified atom stereocenters. The lowest BCUT2D eigenvalue weighted by Gasteiger charge is -2.11. The van der Waals surface area contributed by atoms with Gasteiger partial charge in [-0.3, -0.25) is 9.38 Å². The number of hydrogen-bond acceptors (Lipinski definition) is 4. The second-order valence-corrected chi connectivity index (χ2v) is 3.60. The summed E-state index contributed by atoms with van der Waals surface area (Å²) in [6.07, 6.45) is 6.20. The molecule has 0 bridgehead atoms. The molecule has 2 heterocycles. The van der Waals surface area contributed by atoms with E-state index in [2.05, 4.69) is 34.3 Å². The summed E-state index contributed by atoms with van der Waals surface area (Å²) >= 11 is 0. The third-order valence-electron chi connectivity index (χ3n) is 2.34. The van der Waals surface area contributed by atoms with E-state index in [-0.39, 0.29) is 0 Å². The minimum atomic E-state index is 0.408. The quantitative estimate of drug-likeness (QED) is 0.797. The van der Waals surface area contributed by atoms with Crippen molar-refractivity contribution in [2.24, 2.45) is 0 Å². The number of nitrogens with zero attached hydrogens (tertiary/aromatic N) is 4. The molecule has 0 aliphatic heterocycles. The normalized spacial score (nSPS) is 13.2. The fourth-order valence-electron chi connectivity index (χ4n) is 1.67. The van der Waals surface area contributed by atoms with Gasteiger partial charge in [-0.15, -0.1) is 10.2 Å². The summed E-state index contributed by atoms with van der Waals surface area (Å²) in [5.74, 6) is 0. The van der Waals surface area contributed by atoms with Crippen molar-refractivity contribution in [2.75, 3.05) is 6.54 Å². The Bertz CT molecular complexity index is 436. The Kier molecular flexibility index (Phi) is 2.91. The molecule has 0 aliphatic rings. The summed E-state index contributed by atoms with van der Waals surface area (Å²) in [6, 6.07) is 0.408. The first-order valence-corrected chi connectivity index (χ1v) is 5.18. The van der Waals surface area contributed by atoms with E-state index in [0.717, 1.165) is 24.3 Å². The van der Waals surface area contributed by atoms with Gasteiger partial charge < -0.3 is 5.32 Å². The van der Waals surface area contributed by atoms with Crippen molar-refractivity contribution in [3.63, 3.8) is 0 Å².